The van der Waals surface area contributed by atoms with Crippen molar-refractivity contribution in [3.05, 3.63) is 28.5 Å². The third-order valence-corrected chi connectivity index (χ3v) is 3.00. The lowest BCUT2D eigenvalue weighted by molar-refractivity contribution is 0.0270. The molecule has 0 spiro atoms. The Labute approximate surface area is 111 Å². The molecule has 0 amide bonds. The van der Waals surface area contributed by atoms with E-state index in [2.05, 4.69) is 4.98 Å². The maximum atomic E-state index is 12.0. The summed E-state index contributed by atoms with van der Waals surface area (Å²) in [6.07, 6.45) is 0.605. The number of rotatable bonds is 3. The number of carbonyl (C=O) groups is 1. The van der Waals surface area contributed by atoms with Gasteiger partial charge in [-0.3, -0.25) is 0 Å². The van der Waals surface area contributed by atoms with Crippen LogP contribution in [-0.4, -0.2) is 30.3 Å². The number of pyridine rings is 1. The Morgan fingerprint density at radius 1 is 1.56 bits per heavy atom. The van der Waals surface area contributed by atoms with Gasteiger partial charge in [-0.25, -0.2) is 9.78 Å². The zero-order chi connectivity index (χ0) is 13.1. The average Bonchev–Trinajstić information content (AvgIpc) is 2.80. The van der Waals surface area contributed by atoms with Crippen LogP contribution in [0.25, 0.3) is 0 Å². The summed E-state index contributed by atoms with van der Waals surface area (Å²) in [6, 6.07) is 3.26. The molecule has 98 valence electrons. The van der Waals surface area contributed by atoms with Crippen molar-refractivity contribution >= 4 is 17.6 Å². The van der Waals surface area contributed by atoms with E-state index in [1.165, 1.54) is 6.07 Å². The molecular formula is C13H16ClNO3. The van der Waals surface area contributed by atoms with Crippen molar-refractivity contribution in [2.75, 3.05) is 13.2 Å². The van der Waals surface area contributed by atoms with Crippen LogP contribution < -0.4 is 0 Å². The van der Waals surface area contributed by atoms with Gasteiger partial charge in [-0.15, -0.1) is 0 Å². The molecule has 1 aliphatic rings. The van der Waals surface area contributed by atoms with Crippen molar-refractivity contribution in [2.24, 2.45) is 0 Å². The Kier molecular flexibility index (Phi) is 4.19. The molecule has 1 atom stereocenters. The number of aromatic nitrogens is 1. The Morgan fingerprint density at radius 2 is 2.33 bits per heavy atom. The number of esters is 1. The minimum absolute atomic E-state index is 0.146. The third kappa shape index (κ3) is 3.21. The molecule has 1 unspecified atom stereocenters. The van der Waals surface area contributed by atoms with E-state index in [1.807, 2.05) is 13.8 Å². The van der Waals surface area contributed by atoms with Gasteiger partial charge in [0.2, 0.25) is 0 Å². The van der Waals surface area contributed by atoms with E-state index in [4.69, 9.17) is 21.1 Å². The number of hydrogen-bond donors (Lipinski definition) is 0. The van der Waals surface area contributed by atoms with Gasteiger partial charge in [-0.1, -0.05) is 25.4 Å². The molecule has 1 aromatic heterocycles. The molecule has 4 nitrogen and oxygen atoms in total. The molecule has 5 heteroatoms. The van der Waals surface area contributed by atoms with Gasteiger partial charge in [0, 0.05) is 12.1 Å². The molecule has 0 aliphatic carbocycles. The summed E-state index contributed by atoms with van der Waals surface area (Å²) < 4.78 is 10.5. The fourth-order valence-electron chi connectivity index (χ4n) is 1.76. The molecule has 0 N–H and O–H groups in total. The van der Waals surface area contributed by atoms with E-state index in [-0.39, 0.29) is 18.0 Å². The fourth-order valence-corrected chi connectivity index (χ4v) is 1.97. The number of ether oxygens (including phenoxy) is 2. The van der Waals surface area contributed by atoms with E-state index in [0.29, 0.717) is 23.9 Å². The van der Waals surface area contributed by atoms with Crippen LogP contribution in [0, 0.1) is 0 Å². The summed E-state index contributed by atoms with van der Waals surface area (Å²) in [7, 11) is 0. The second kappa shape index (κ2) is 5.67. The number of nitrogens with zero attached hydrogens (tertiary/aromatic N) is 1. The monoisotopic (exact) mass is 269 g/mol. The molecule has 0 bridgehead atoms. The summed E-state index contributed by atoms with van der Waals surface area (Å²) in [5.41, 5.74) is 1.24. The summed E-state index contributed by atoms with van der Waals surface area (Å²) in [6.45, 7) is 5.12. The maximum Gasteiger partial charge on any atom is 0.338 e. The van der Waals surface area contributed by atoms with Crippen LogP contribution in [-0.2, 0) is 9.47 Å². The Hall–Kier alpha value is -1.13. The largest absolute Gasteiger partial charge is 0.456 e. The summed E-state index contributed by atoms with van der Waals surface area (Å²) in [4.78, 5) is 16.1. The quantitative estimate of drug-likeness (QED) is 0.625. The first kappa shape index (κ1) is 13.3. The van der Waals surface area contributed by atoms with Crippen molar-refractivity contribution < 1.29 is 14.3 Å². The molecule has 2 heterocycles. The minimum Gasteiger partial charge on any atom is -0.456 e. The SMILES string of the molecule is CC(C)c1cc(C(=O)OC2CCOC2)cc(Cl)n1. The van der Waals surface area contributed by atoms with E-state index in [1.54, 1.807) is 6.07 Å². The zero-order valence-electron chi connectivity index (χ0n) is 10.5. The van der Waals surface area contributed by atoms with Crippen LogP contribution in [0.3, 0.4) is 0 Å². The number of halogens is 1. The Balaban J connectivity index is 2.13. The summed E-state index contributed by atoms with van der Waals surface area (Å²) in [5, 5.41) is 0.316. The highest BCUT2D eigenvalue weighted by molar-refractivity contribution is 6.29. The first-order valence-electron chi connectivity index (χ1n) is 6.02. The van der Waals surface area contributed by atoms with Gasteiger partial charge < -0.3 is 9.47 Å². The molecule has 1 saturated heterocycles. The standard InChI is InChI=1S/C13H16ClNO3/c1-8(2)11-5-9(6-12(14)15-11)13(16)18-10-3-4-17-7-10/h5-6,8,10H,3-4,7H2,1-2H3. The lowest BCUT2D eigenvalue weighted by Crippen LogP contribution is -2.18. The van der Waals surface area contributed by atoms with Crippen molar-refractivity contribution in [1.29, 1.82) is 0 Å². The molecule has 18 heavy (non-hydrogen) atoms. The summed E-state index contributed by atoms with van der Waals surface area (Å²) in [5.74, 6) is -0.151. The second-order valence-corrected chi connectivity index (χ2v) is 5.04. The molecule has 0 aromatic carbocycles. The second-order valence-electron chi connectivity index (χ2n) is 4.65. The predicted molar refractivity (Wildman–Crippen MR) is 68.0 cm³/mol. The van der Waals surface area contributed by atoms with Gasteiger partial charge >= 0.3 is 5.97 Å². The molecule has 1 aliphatic heterocycles. The van der Waals surface area contributed by atoms with Crippen molar-refractivity contribution in [3.8, 4) is 0 Å². The van der Waals surface area contributed by atoms with Crippen molar-refractivity contribution in [1.82, 2.24) is 4.98 Å². The fraction of sp³-hybridized carbons (Fsp3) is 0.538. The summed E-state index contributed by atoms with van der Waals surface area (Å²) >= 11 is 5.91. The average molecular weight is 270 g/mol. The molecule has 1 fully saturated rings. The van der Waals surface area contributed by atoms with Gasteiger partial charge in [0.25, 0.3) is 0 Å². The van der Waals surface area contributed by atoms with Crippen LogP contribution in [0.4, 0.5) is 0 Å². The molecule has 1 aromatic rings. The molecule has 2 rings (SSSR count). The zero-order valence-corrected chi connectivity index (χ0v) is 11.2. The van der Waals surface area contributed by atoms with Crippen LogP contribution in [0.5, 0.6) is 0 Å². The van der Waals surface area contributed by atoms with Crippen molar-refractivity contribution in [3.63, 3.8) is 0 Å². The Bertz CT molecular complexity index is 442. The highest BCUT2D eigenvalue weighted by Crippen LogP contribution is 2.19. The van der Waals surface area contributed by atoms with Crippen LogP contribution in [0.2, 0.25) is 5.15 Å². The third-order valence-electron chi connectivity index (χ3n) is 2.80. The highest BCUT2D eigenvalue weighted by atomic mass is 35.5. The lowest BCUT2D eigenvalue weighted by Gasteiger charge is -2.12. The van der Waals surface area contributed by atoms with Crippen LogP contribution >= 0.6 is 11.6 Å². The molecule has 0 radical (unpaired) electrons. The normalized spacial score (nSPS) is 19.2. The van der Waals surface area contributed by atoms with Crippen LogP contribution in [0.1, 0.15) is 42.2 Å². The Morgan fingerprint density at radius 3 is 2.94 bits per heavy atom. The van der Waals surface area contributed by atoms with Crippen molar-refractivity contribution in [2.45, 2.75) is 32.3 Å². The maximum absolute atomic E-state index is 12.0. The minimum atomic E-state index is -0.364. The lowest BCUT2D eigenvalue weighted by atomic mass is 10.1. The first-order valence-corrected chi connectivity index (χ1v) is 6.40. The van der Waals surface area contributed by atoms with E-state index in [0.717, 1.165) is 12.1 Å². The predicted octanol–water partition coefficient (Wildman–Crippen LogP) is 2.80. The van der Waals surface area contributed by atoms with Gasteiger partial charge in [0.05, 0.1) is 18.8 Å². The number of hydrogen-bond acceptors (Lipinski definition) is 4. The van der Waals surface area contributed by atoms with E-state index in [9.17, 15) is 4.79 Å². The van der Waals surface area contributed by atoms with Gasteiger partial charge in [-0.05, 0) is 18.1 Å². The number of carbonyl (C=O) groups excluding carboxylic acids is 1. The van der Waals surface area contributed by atoms with Gasteiger partial charge in [0.15, 0.2) is 0 Å². The van der Waals surface area contributed by atoms with Gasteiger partial charge in [-0.2, -0.15) is 0 Å². The first-order chi connectivity index (χ1) is 8.56. The smallest absolute Gasteiger partial charge is 0.338 e. The molecular weight excluding hydrogens is 254 g/mol. The van der Waals surface area contributed by atoms with Gasteiger partial charge in [0.1, 0.15) is 11.3 Å². The topological polar surface area (TPSA) is 48.4 Å². The van der Waals surface area contributed by atoms with Crippen LogP contribution in [0.15, 0.2) is 12.1 Å². The van der Waals surface area contributed by atoms with E-state index < -0.39 is 0 Å². The van der Waals surface area contributed by atoms with E-state index >= 15 is 0 Å². The molecule has 0 saturated carbocycles. The highest BCUT2D eigenvalue weighted by Gasteiger charge is 2.21.